The van der Waals surface area contributed by atoms with Gasteiger partial charge in [0.1, 0.15) is 11.4 Å². The number of nitrogens with one attached hydrogen (secondary N) is 1. The second-order valence-corrected chi connectivity index (χ2v) is 7.22. The summed E-state index contributed by atoms with van der Waals surface area (Å²) in [6.07, 6.45) is -0.0530. The lowest BCUT2D eigenvalue weighted by molar-refractivity contribution is -0.385. The fourth-order valence-electron chi connectivity index (χ4n) is 3.48. The molecule has 0 radical (unpaired) electrons. The molecule has 154 valence electrons. The van der Waals surface area contributed by atoms with Gasteiger partial charge in [-0.05, 0) is 25.1 Å². The van der Waals surface area contributed by atoms with Gasteiger partial charge in [0.2, 0.25) is 0 Å². The summed E-state index contributed by atoms with van der Waals surface area (Å²) < 4.78 is 20.2. The Morgan fingerprint density at radius 1 is 1.38 bits per heavy atom. The number of morpholine rings is 1. The molecule has 3 rings (SSSR count). The lowest BCUT2D eigenvalue weighted by Gasteiger charge is -2.38. The van der Waals surface area contributed by atoms with Gasteiger partial charge < -0.3 is 10.1 Å². The molecule has 7 nitrogen and oxygen atoms in total. The molecular weight excluding hydrogens is 401 g/mol. The number of ether oxygens (including phenoxy) is 1. The van der Waals surface area contributed by atoms with E-state index in [-0.39, 0.29) is 34.5 Å². The number of halogens is 2. The molecule has 1 saturated heterocycles. The molecule has 29 heavy (non-hydrogen) atoms. The van der Waals surface area contributed by atoms with Crippen LogP contribution >= 0.6 is 11.6 Å². The maximum atomic E-state index is 14.6. The van der Waals surface area contributed by atoms with E-state index in [2.05, 4.69) is 5.32 Å². The van der Waals surface area contributed by atoms with Crippen LogP contribution < -0.4 is 5.32 Å². The molecule has 0 spiro atoms. The third kappa shape index (κ3) is 4.90. The van der Waals surface area contributed by atoms with E-state index in [1.807, 2.05) is 11.8 Å². The van der Waals surface area contributed by atoms with Crippen molar-refractivity contribution in [3.8, 4) is 0 Å². The van der Waals surface area contributed by atoms with Gasteiger partial charge in [-0.2, -0.15) is 0 Å². The van der Waals surface area contributed by atoms with Crippen LogP contribution in [0.15, 0.2) is 42.5 Å². The van der Waals surface area contributed by atoms with Gasteiger partial charge in [-0.25, -0.2) is 4.39 Å². The summed E-state index contributed by atoms with van der Waals surface area (Å²) in [4.78, 5) is 25.2. The molecule has 0 aromatic heterocycles. The molecule has 1 fully saturated rings. The smallest absolute Gasteiger partial charge is 0.282 e. The molecule has 2 atom stereocenters. The van der Waals surface area contributed by atoms with E-state index in [4.69, 9.17) is 16.3 Å². The van der Waals surface area contributed by atoms with E-state index in [1.165, 1.54) is 30.3 Å². The van der Waals surface area contributed by atoms with Crippen LogP contribution in [-0.4, -0.2) is 48.1 Å². The first-order valence-electron chi connectivity index (χ1n) is 9.19. The van der Waals surface area contributed by atoms with Gasteiger partial charge in [0.05, 0.1) is 23.7 Å². The van der Waals surface area contributed by atoms with Crippen LogP contribution in [0.1, 0.15) is 28.9 Å². The van der Waals surface area contributed by atoms with Crippen molar-refractivity contribution in [3.05, 3.63) is 74.5 Å². The number of hydrogen-bond acceptors (Lipinski definition) is 5. The SMILES string of the molecule is CC1CN(C(CNC(=O)c2ccccc2[N+](=O)[O-])c2c(F)cccc2Cl)CCO1. The van der Waals surface area contributed by atoms with Crippen molar-refractivity contribution >= 4 is 23.2 Å². The van der Waals surface area contributed by atoms with Crippen LogP contribution in [0.3, 0.4) is 0 Å². The zero-order valence-electron chi connectivity index (χ0n) is 15.8. The number of benzene rings is 2. The maximum absolute atomic E-state index is 14.6. The van der Waals surface area contributed by atoms with Gasteiger partial charge in [-0.3, -0.25) is 19.8 Å². The number of amides is 1. The minimum Gasteiger partial charge on any atom is -0.376 e. The van der Waals surface area contributed by atoms with Crippen LogP contribution in [0.4, 0.5) is 10.1 Å². The Labute approximate surface area is 172 Å². The first-order chi connectivity index (χ1) is 13.9. The number of nitro groups is 1. The summed E-state index contributed by atoms with van der Waals surface area (Å²) in [6, 6.07) is 9.60. The molecule has 0 bridgehead atoms. The lowest BCUT2D eigenvalue weighted by Crippen LogP contribution is -2.47. The molecule has 1 aliphatic rings. The number of hydrogen-bond donors (Lipinski definition) is 1. The number of rotatable bonds is 6. The first-order valence-corrected chi connectivity index (χ1v) is 9.57. The largest absolute Gasteiger partial charge is 0.376 e. The second-order valence-electron chi connectivity index (χ2n) is 6.81. The van der Waals surface area contributed by atoms with Crippen LogP contribution in [0.5, 0.6) is 0 Å². The Kier molecular flexibility index (Phi) is 6.79. The molecule has 9 heteroatoms. The molecule has 0 aliphatic carbocycles. The third-order valence-corrected chi connectivity index (χ3v) is 5.18. The Balaban J connectivity index is 1.86. The molecule has 1 aliphatic heterocycles. The highest BCUT2D eigenvalue weighted by Crippen LogP contribution is 2.31. The van der Waals surface area contributed by atoms with Crippen molar-refractivity contribution in [1.29, 1.82) is 0 Å². The monoisotopic (exact) mass is 421 g/mol. The Morgan fingerprint density at radius 2 is 2.14 bits per heavy atom. The molecular formula is C20H21ClFN3O4. The summed E-state index contributed by atoms with van der Waals surface area (Å²) in [6.45, 7) is 3.51. The molecule has 1 N–H and O–H groups in total. The Hall–Kier alpha value is -2.55. The van der Waals surface area contributed by atoms with E-state index in [0.29, 0.717) is 19.7 Å². The van der Waals surface area contributed by atoms with Gasteiger partial charge in [-0.15, -0.1) is 0 Å². The van der Waals surface area contributed by atoms with E-state index in [1.54, 1.807) is 12.1 Å². The minimum absolute atomic E-state index is 0.0399. The van der Waals surface area contributed by atoms with Crippen molar-refractivity contribution in [3.63, 3.8) is 0 Å². The number of para-hydroxylation sites is 1. The third-order valence-electron chi connectivity index (χ3n) is 4.85. The molecule has 1 heterocycles. The Morgan fingerprint density at radius 3 is 2.83 bits per heavy atom. The highest BCUT2D eigenvalue weighted by Gasteiger charge is 2.30. The van der Waals surface area contributed by atoms with Gasteiger partial charge >= 0.3 is 0 Å². The van der Waals surface area contributed by atoms with Crippen molar-refractivity contribution in [1.82, 2.24) is 10.2 Å². The topological polar surface area (TPSA) is 84.7 Å². The van der Waals surface area contributed by atoms with E-state index >= 15 is 0 Å². The Bertz CT molecular complexity index is 891. The molecule has 2 aromatic rings. The summed E-state index contributed by atoms with van der Waals surface area (Å²) >= 11 is 6.28. The number of carbonyl (C=O) groups is 1. The van der Waals surface area contributed by atoms with E-state index in [9.17, 15) is 19.3 Å². The molecule has 1 amide bonds. The van der Waals surface area contributed by atoms with Gasteiger partial charge in [0.25, 0.3) is 11.6 Å². The normalized spacial score (nSPS) is 18.2. The predicted octanol–water partition coefficient (Wildman–Crippen LogP) is 3.58. The van der Waals surface area contributed by atoms with Crippen molar-refractivity contribution < 1.29 is 18.8 Å². The van der Waals surface area contributed by atoms with E-state index in [0.717, 1.165) is 0 Å². The maximum Gasteiger partial charge on any atom is 0.282 e. The van der Waals surface area contributed by atoms with Crippen LogP contribution in [0.2, 0.25) is 5.02 Å². The first kappa shape index (κ1) is 21.2. The predicted molar refractivity (Wildman–Crippen MR) is 107 cm³/mol. The van der Waals surface area contributed by atoms with Crippen LogP contribution in [-0.2, 0) is 4.74 Å². The van der Waals surface area contributed by atoms with E-state index < -0.39 is 22.7 Å². The second kappa shape index (κ2) is 9.30. The van der Waals surface area contributed by atoms with Crippen LogP contribution in [0, 0.1) is 15.9 Å². The minimum atomic E-state index is -0.607. The molecule has 0 saturated carbocycles. The lowest BCUT2D eigenvalue weighted by atomic mass is 10.0. The highest BCUT2D eigenvalue weighted by molar-refractivity contribution is 6.31. The average molecular weight is 422 g/mol. The van der Waals surface area contributed by atoms with Gasteiger partial charge in [0.15, 0.2) is 0 Å². The summed E-state index contributed by atoms with van der Waals surface area (Å²) in [5, 5.41) is 14.2. The van der Waals surface area contributed by atoms with Crippen molar-refractivity contribution in [2.75, 3.05) is 26.2 Å². The number of nitrogens with zero attached hydrogens (tertiary/aromatic N) is 2. The average Bonchev–Trinajstić information content (AvgIpc) is 2.69. The fourth-order valence-corrected chi connectivity index (χ4v) is 3.77. The molecule has 2 aromatic carbocycles. The van der Waals surface area contributed by atoms with Crippen molar-refractivity contribution in [2.45, 2.75) is 19.1 Å². The standard InChI is InChI=1S/C20H21ClFN3O4/c1-13-12-24(9-10-29-13)18(19-15(21)6-4-7-16(19)22)11-23-20(26)14-5-2-3-8-17(14)25(27)28/h2-8,13,18H,9-12H2,1H3,(H,23,26). The number of nitro benzene ring substituents is 1. The van der Waals surface area contributed by atoms with Gasteiger partial charge in [-0.1, -0.05) is 29.8 Å². The van der Waals surface area contributed by atoms with Crippen molar-refractivity contribution in [2.24, 2.45) is 0 Å². The summed E-state index contributed by atoms with van der Waals surface area (Å²) in [5.74, 6) is -1.07. The van der Waals surface area contributed by atoms with Gasteiger partial charge in [0, 0.05) is 36.3 Å². The number of carbonyl (C=O) groups excluding carboxylic acids is 1. The fraction of sp³-hybridized carbons (Fsp3) is 0.350. The summed E-state index contributed by atoms with van der Waals surface area (Å²) in [7, 11) is 0. The zero-order valence-corrected chi connectivity index (χ0v) is 16.6. The quantitative estimate of drug-likeness (QED) is 0.569. The summed E-state index contributed by atoms with van der Waals surface area (Å²) in [5.41, 5.74) is -0.0529. The molecule has 2 unspecified atom stereocenters. The van der Waals surface area contributed by atoms with Crippen LogP contribution in [0.25, 0.3) is 0 Å². The zero-order chi connectivity index (χ0) is 21.0. The highest BCUT2D eigenvalue weighted by atomic mass is 35.5.